The molecule has 6 nitrogen and oxygen atoms in total. The lowest BCUT2D eigenvalue weighted by Crippen LogP contribution is -2.28. The summed E-state index contributed by atoms with van der Waals surface area (Å²) in [6.07, 6.45) is -0.909. The van der Waals surface area contributed by atoms with E-state index >= 15 is 0 Å². The zero-order valence-corrected chi connectivity index (χ0v) is 6.82. The van der Waals surface area contributed by atoms with E-state index in [9.17, 15) is 9.36 Å². The minimum atomic E-state index is -4.26. The Labute approximate surface area is 63.5 Å². The summed E-state index contributed by atoms with van der Waals surface area (Å²) in [5, 5.41) is 0. The van der Waals surface area contributed by atoms with Crippen molar-refractivity contribution >= 4 is 13.6 Å². The number of ether oxygens (including phenoxy) is 1. The monoisotopic (exact) mass is 183 g/mol. The lowest BCUT2D eigenvalue weighted by Gasteiger charge is -2.07. The van der Waals surface area contributed by atoms with Crippen molar-refractivity contribution in [2.45, 2.75) is 13.0 Å². The van der Waals surface area contributed by atoms with Crippen molar-refractivity contribution in [3.05, 3.63) is 0 Å². The van der Waals surface area contributed by atoms with E-state index in [1.54, 1.807) is 0 Å². The number of nitrogens with two attached hydrogens (primary N) is 1. The minimum Gasteiger partial charge on any atom is -0.452 e. The highest BCUT2D eigenvalue weighted by molar-refractivity contribution is 7.51. The second-order valence-corrected chi connectivity index (χ2v) is 3.63. The number of carbonyl (C=O) groups is 1. The van der Waals surface area contributed by atoms with Crippen LogP contribution in [0.2, 0.25) is 0 Å². The normalized spacial score (nSPS) is 14.2. The summed E-state index contributed by atoms with van der Waals surface area (Å²) < 4.78 is 14.3. The Morgan fingerprint density at radius 2 is 2.18 bits per heavy atom. The van der Waals surface area contributed by atoms with Crippen LogP contribution in [-0.2, 0) is 14.1 Å². The number of rotatable bonds is 3. The van der Waals surface area contributed by atoms with E-state index in [4.69, 9.17) is 15.5 Å². The molecular weight excluding hydrogens is 173 g/mol. The average Bonchev–Trinajstić information content (AvgIpc) is 1.80. The second-order valence-electron chi connectivity index (χ2n) is 2.05. The molecule has 0 fully saturated rings. The standard InChI is InChI=1S/C4H10NO5P/c1-3(5)4(6)10-2-11(7,8)9/h3H,2,5H2,1H3,(H2,7,8,9). The molecule has 0 radical (unpaired) electrons. The molecule has 0 aromatic heterocycles. The summed E-state index contributed by atoms with van der Waals surface area (Å²) in [5.74, 6) is -0.826. The van der Waals surface area contributed by atoms with Gasteiger partial charge in [-0.15, -0.1) is 0 Å². The van der Waals surface area contributed by atoms with Gasteiger partial charge in [0, 0.05) is 0 Å². The largest absolute Gasteiger partial charge is 0.452 e. The zero-order valence-electron chi connectivity index (χ0n) is 5.93. The van der Waals surface area contributed by atoms with Gasteiger partial charge in [-0.2, -0.15) is 0 Å². The topological polar surface area (TPSA) is 110 Å². The van der Waals surface area contributed by atoms with Gasteiger partial charge in [-0.25, -0.2) is 0 Å². The van der Waals surface area contributed by atoms with Crippen LogP contribution in [0.3, 0.4) is 0 Å². The Morgan fingerprint density at radius 1 is 1.73 bits per heavy atom. The molecule has 0 aromatic rings. The number of carbonyl (C=O) groups excluding carboxylic acids is 1. The zero-order chi connectivity index (χ0) is 9.07. The van der Waals surface area contributed by atoms with Gasteiger partial charge in [-0.1, -0.05) is 0 Å². The predicted molar refractivity (Wildman–Crippen MR) is 36.7 cm³/mol. The molecule has 4 N–H and O–H groups in total. The van der Waals surface area contributed by atoms with Gasteiger partial charge in [-0.3, -0.25) is 9.36 Å². The molecule has 0 aromatic carbocycles. The van der Waals surface area contributed by atoms with Gasteiger partial charge >= 0.3 is 13.6 Å². The maximum atomic E-state index is 10.5. The fraction of sp³-hybridized carbons (Fsp3) is 0.750. The van der Waals surface area contributed by atoms with E-state index < -0.39 is 26.0 Å². The highest BCUT2D eigenvalue weighted by Gasteiger charge is 2.17. The molecule has 0 saturated carbocycles. The summed E-state index contributed by atoms with van der Waals surface area (Å²) in [5.41, 5.74) is 5.04. The van der Waals surface area contributed by atoms with E-state index in [-0.39, 0.29) is 0 Å². The molecule has 0 aliphatic rings. The molecule has 1 atom stereocenters. The fourth-order valence-corrected chi connectivity index (χ4v) is 0.575. The molecule has 1 unspecified atom stereocenters. The van der Waals surface area contributed by atoms with Crippen molar-refractivity contribution < 1.29 is 23.9 Å². The van der Waals surface area contributed by atoms with E-state index in [0.717, 1.165) is 0 Å². The van der Waals surface area contributed by atoms with Crippen LogP contribution in [0.5, 0.6) is 0 Å². The number of esters is 1. The molecule has 0 rings (SSSR count). The van der Waals surface area contributed by atoms with E-state index in [0.29, 0.717) is 0 Å². The highest BCUT2D eigenvalue weighted by atomic mass is 31.2. The Hall–Kier alpha value is -0.420. The maximum absolute atomic E-state index is 10.5. The van der Waals surface area contributed by atoms with Crippen LogP contribution in [0.25, 0.3) is 0 Å². The third kappa shape index (κ3) is 6.00. The molecule has 0 bridgehead atoms. The number of hydrogen-bond donors (Lipinski definition) is 3. The van der Waals surface area contributed by atoms with Crippen molar-refractivity contribution in [3.8, 4) is 0 Å². The van der Waals surface area contributed by atoms with Crippen LogP contribution >= 0.6 is 7.60 Å². The highest BCUT2D eigenvalue weighted by Crippen LogP contribution is 2.33. The van der Waals surface area contributed by atoms with Gasteiger partial charge in [0.1, 0.15) is 6.04 Å². The first-order valence-corrected chi connectivity index (χ1v) is 4.59. The van der Waals surface area contributed by atoms with Crippen LogP contribution < -0.4 is 5.73 Å². The van der Waals surface area contributed by atoms with E-state index in [1.807, 2.05) is 0 Å². The summed E-state index contributed by atoms with van der Waals surface area (Å²) in [6, 6.07) is -0.860. The molecule has 7 heteroatoms. The maximum Gasteiger partial charge on any atom is 0.362 e. The van der Waals surface area contributed by atoms with Crippen molar-refractivity contribution in [3.63, 3.8) is 0 Å². The van der Waals surface area contributed by atoms with Gasteiger partial charge in [-0.05, 0) is 6.92 Å². The first-order chi connectivity index (χ1) is 4.83. The van der Waals surface area contributed by atoms with E-state index in [1.165, 1.54) is 6.92 Å². The van der Waals surface area contributed by atoms with Crippen LogP contribution in [0.4, 0.5) is 0 Å². The van der Waals surface area contributed by atoms with E-state index in [2.05, 4.69) is 4.74 Å². The van der Waals surface area contributed by atoms with Crippen molar-refractivity contribution in [1.29, 1.82) is 0 Å². The minimum absolute atomic E-state index is 0.826. The Bertz CT molecular complexity index is 185. The predicted octanol–water partition coefficient (Wildman–Crippen LogP) is -0.988. The quantitative estimate of drug-likeness (QED) is 0.383. The third-order valence-electron chi connectivity index (χ3n) is 0.747. The summed E-state index contributed by atoms with van der Waals surface area (Å²) in [6.45, 7) is 1.36. The lowest BCUT2D eigenvalue weighted by atomic mass is 10.4. The molecule has 0 amide bonds. The molecule has 0 aliphatic heterocycles. The SMILES string of the molecule is CC(N)C(=O)OCP(=O)(O)O. The van der Waals surface area contributed by atoms with Gasteiger partial charge in [0.15, 0.2) is 6.35 Å². The first kappa shape index (κ1) is 10.6. The molecular formula is C4H10NO5P. The Morgan fingerprint density at radius 3 is 2.45 bits per heavy atom. The average molecular weight is 183 g/mol. The second kappa shape index (κ2) is 3.82. The Balaban J connectivity index is 3.73. The first-order valence-electron chi connectivity index (χ1n) is 2.80. The van der Waals surface area contributed by atoms with Gasteiger partial charge in [0.2, 0.25) is 0 Å². The van der Waals surface area contributed by atoms with Gasteiger partial charge < -0.3 is 20.3 Å². The molecule has 66 valence electrons. The number of hydrogen-bond acceptors (Lipinski definition) is 4. The molecule has 0 aliphatic carbocycles. The molecule has 0 spiro atoms. The van der Waals surface area contributed by atoms with Crippen molar-refractivity contribution in [1.82, 2.24) is 0 Å². The smallest absolute Gasteiger partial charge is 0.362 e. The van der Waals surface area contributed by atoms with Gasteiger partial charge in [0.25, 0.3) is 0 Å². The van der Waals surface area contributed by atoms with Crippen LogP contribution in [-0.4, -0.2) is 28.1 Å². The third-order valence-corrected chi connectivity index (χ3v) is 1.21. The molecule has 0 saturated heterocycles. The van der Waals surface area contributed by atoms with Crippen LogP contribution in [0.15, 0.2) is 0 Å². The summed E-state index contributed by atoms with van der Waals surface area (Å²) in [7, 11) is -4.26. The van der Waals surface area contributed by atoms with Gasteiger partial charge in [0.05, 0.1) is 0 Å². The summed E-state index contributed by atoms with van der Waals surface area (Å²) >= 11 is 0. The van der Waals surface area contributed by atoms with Crippen LogP contribution in [0.1, 0.15) is 6.92 Å². The fourth-order valence-electron chi connectivity index (χ4n) is 0.279. The Kier molecular flexibility index (Phi) is 3.68. The molecule has 0 heterocycles. The van der Waals surface area contributed by atoms with Crippen LogP contribution in [0, 0.1) is 0 Å². The van der Waals surface area contributed by atoms with Crippen molar-refractivity contribution in [2.24, 2.45) is 5.73 Å². The molecule has 11 heavy (non-hydrogen) atoms. The van der Waals surface area contributed by atoms with Crippen molar-refractivity contribution in [2.75, 3.05) is 6.35 Å². The lowest BCUT2D eigenvalue weighted by molar-refractivity contribution is -0.143. The summed E-state index contributed by atoms with van der Waals surface area (Å²) in [4.78, 5) is 27.0.